The Morgan fingerprint density at radius 2 is 1.64 bits per heavy atom. The number of aromatic nitrogens is 2. The lowest BCUT2D eigenvalue weighted by Crippen LogP contribution is -2.50. The second-order valence-corrected chi connectivity index (χ2v) is 9.51. The molecule has 1 aromatic carbocycles. The minimum absolute atomic E-state index is 0.0126. The van der Waals surface area contributed by atoms with E-state index in [0.717, 1.165) is 5.82 Å². The molecule has 0 bridgehead atoms. The molecule has 10 heteroatoms. The van der Waals surface area contributed by atoms with Crippen molar-refractivity contribution in [2.45, 2.75) is 0 Å². The van der Waals surface area contributed by atoms with Crippen LogP contribution in [0.4, 0.5) is 5.82 Å². The van der Waals surface area contributed by atoms with E-state index < -0.39 is 15.9 Å². The van der Waals surface area contributed by atoms with Gasteiger partial charge in [0.05, 0.1) is 5.75 Å². The molecule has 0 unspecified atom stereocenters. The lowest BCUT2D eigenvalue weighted by molar-refractivity contribution is 0.0953. The van der Waals surface area contributed by atoms with E-state index >= 15 is 0 Å². The maximum Gasteiger partial charge on any atom is 0.256 e. The van der Waals surface area contributed by atoms with Gasteiger partial charge in [0.25, 0.3) is 5.91 Å². The van der Waals surface area contributed by atoms with Crippen molar-refractivity contribution < 1.29 is 17.9 Å². The summed E-state index contributed by atoms with van der Waals surface area (Å²) in [5.74, 6) is 0.931. The molecule has 1 N–H and O–H groups in total. The molecule has 1 aliphatic heterocycles. The maximum absolute atomic E-state index is 12.8. The molecule has 4 rings (SSSR count). The third kappa shape index (κ3) is 5.85. The number of ether oxygens (including phenoxy) is 1. The Labute approximate surface area is 193 Å². The van der Waals surface area contributed by atoms with Crippen molar-refractivity contribution in [3.8, 4) is 11.6 Å². The topological polar surface area (TPSA) is 105 Å². The molecule has 0 aliphatic carbocycles. The maximum atomic E-state index is 12.8. The number of sulfonamides is 1. The Bertz CT molecular complexity index is 1170. The molecule has 0 radical (unpaired) electrons. The number of rotatable bonds is 8. The van der Waals surface area contributed by atoms with Crippen LogP contribution < -0.4 is 15.0 Å². The summed E-state index contributed by atoms with van der Waals surface area (Å²) in [6.45, 7) is 1.88. The van der Waals surface area contributed by atoms with Gasteiger partial charge < -0.3 is 15.0 Å². The average molecular weight is 468 g/mol. The van der Waals surface area contributed by atoms with Gasteiger partial charge in [-0.05, 0) is 36.4 Å². The zero-order valence-electron chi connectivity index (χ0n) is 18.0. The van der Waals surface area contributed by atoms with E-state index in [2.05, 4.69) is 20.2 Å². The second-order valence-electron chi connectivity index (χ2n) is 7.42. The van der Waals surface area contributed by atoms with Crippen LogP contribution in [0.25, 0.3) is 0 Å². The average Bonchev–Trinajstić information content (AvgIpc) is 2.85. The van der Waals surface area contributed by atoms with Crippen LogP contribution in [0, 0.1) is 0 Å². The van der Waals surface area contributed by atoms with Gasteiger partial charge in [0.2, 0.25) is 15.9 Å². The van der Waals surface area contributed by atoms with Crippen LogP contribution in [0.1, 0.15) is 10.4 Å². The Hall–Kier alpha value is -3.50. The summed E-state index contributed by atoms with van der Waals surface area (Å²) in [6, 6.07) is 17.9. The Morgan fingerprint density at radius 3 is 2.36 bits per heavy atom. The quantitative estimate of drug-likeness (QED) is 0.541. The second kappa shape index (κ2) is 10.4. The van der Waals surface area contributed by atoms with E-state index in [-0.39, 0.29) is 23.7 Å². The molecule has 33 heavy (non-hydrogen) atoms. The van der Waals surface area contributed by atoms with Crippen molar-refractivity contribution >= 4 is 21.7 Å². The summed E-state index contributed by atoms with van der Waals surface area (Å²) >= 11 is 0. The highest BCUT2D eigenvalue weighted by molar-refractivity contribution is 7.89. The zero-order chi connectivity index (χ0) is 23.1. The molecule has 2 aromatic heterocycles. The predicted molar refractivity (Wildman–Crippen MR) is 125 cm³/mol. The number of para-hydroxylation sites is 1. The van der Waals surface area contributed by atoms with Crippen LogP contribution in [0.3, 0.4) is 0 Å². The number of hydrogen-bond acceptors (Lipinski definition) is 7. The molecule has 0 atom stereocenters. The van der Waals surface area contributed by atoms with Gasteiger partial charge in [-0.25, -0.2) is 18.4 Å². The number of hydrogen-bond donors (Lipinski definition) is 1. The molecule has 1 saturated heterocycles. The molecular weight excluding hydrogens is 442 g/mol. The van der Waals surface area contributed by atoms with Crippen molar-refractivity contribution in [2.24, 2.45) is 0 Å². The highest BCUT2D eigenvalue weighted by atomic mass is 32.2. The highest BCUT2D eigenvalue weighted by Crippen LogP contribution is 2.22. The van der Waals surface area contributed by atoms with E-state index in [9.17, 15) is 13.2 Å². The van der Waals surface area contributed by atoms with Crippen LogP contribution >= 0.6 is 0 Å². The predicted octanol–water partition coefficient (Wildman–Crippen LogP) is 2.15. The summed E-state index contributed by atoms with van der Waals surface area (Å²) in [5.41, 5.74) is 0.239. The third-order valence-corrected chi connectivity index (χ3v) is 7.10. The first-order valence-electron chi connectivity index (χ1n) is 10.6. The molecule has 9 nitrogen and oxygen atoms in total. The Kier molecular flexibility index (Phi) is 7.16. The Balaban J connectivity index is 1.30. The summed E-state index contributed by atoms with van der Waals surface area (Å²) in [4.78, 5) is 23.2. The van der Waals surface area contributed by atoms with Gasteiger partial charge >= 0.3 is 0 Å². The van der Waals surface area contributed by atoms with Crippen molar-refractivity contribution in [3.63, 3.8) is 0 Å². The fourth-order valence-electron chi connectivity index (χ4n) is 3.50. The van der Waals surface area contributed by atoms with Crippen LogP contribution in [0.2, 0.25) is 0 Å². The number of carbonyl (C=O) groups is 1. The SMILES string of the molecule is O=C(NCCS(=O)(=O)N1CCN(c2ccccn2)CC1)c1cccnc1Oc1ccccc1. The number of amides is 1. The summed E-state index contributed by atoms with van der Waals surface area (Å²) in [7, 11) is -3.50. The Morgan fingerprint density at radius 1 is 0.909 bits per heavy atom. The van der Waals surface area contributed by atoms with Crippen LogP contribution in [-0.4, -0.2) is 67.1 Å². The lowest BCUT2D eigenvalue weighted by Gasteiger charge is -2.34. The zero-order valence-corrected chi connectivity index (χ0v) is 18.8. The van der Waals surface area contributed by atoms with Crippen LogP contribution in [0.5, 0.6) is 11.6 Å². The fourth-order valence-corrected chi connectivity index (χ4v) is 4.84. The van der Waals surface area contributed by atoms with Crippen molar-refractivity contribution in [2.75, 3.05) is 43.4 Å². The highest BCUT2D eigenvalue weighted by Gasteiger charge is 2.27. The molecule has 0 spiro atoms. The van der Waals surface area contributed by atoms with Crippen molar-refractivity contribution in [1.82, 2.24) is 19.6 Å². The number of nitrogens with one attached hydrogen (secondary N) is 1. The normalized spacial score (nSPS) is 14.6. The molecule has 3 aromatic rings. The third-order valence-electron chi connectivity index (χ3n) is 5.22. The van der Waals surface area contributed by atoms with E-state index in [0.29, 0.717) is 31.9 Å². The summed E-state index contributed by atoms with van der Waals surface area (Å²) < 4.78 is 32.7. The van der Waals surface area contributed by atoms with Gasteiger partial charge in [-0.15, -0.1) is 0 Å². The van der Waals surface area contributed by atoms with Gasteiger partial charge in [0.1, 0.15) is 17.1 Å². The van der Waals surface area contributed by atoms with Gasteiger partial charge in [-0.1, -0.05) is 24.3 Å². The molecule has 1 fully saturated rings. The first-order valence-corrected chi connectivity index (χ1v) is 12.2. The van der Waals surface area contributed by atoms with Crippen LogP contribution in [-0.2, 0) is 10.0 Å². The minimum atomic E-state index is -3.50. The van der Waals surface area contributed by atoms with E-state index in [1.807, 2.05) is 36.4 Å². The summed E-state index contributed by atoms with van der Waals surface area (Å²) in [6.07, 6.45) is 3.25. The number of carbonyl (C=O) groups excluding carboxylic acids is 1. The molecule has 172 valence electrons. The molecule has 3 heterocycles. The largest absolute Gasteiger partial charge is 0.438 e. The minimum Gasteiger partial charge on any atom is -0.438 e. The first-order chi connectivity index (χ1) is 16.0. The van der Waals surface area contributed by atoms with Crippen molar-refractivity contribution in [3.05, 3.63) is 78.6 Å². The molecule has 1 aliphatic rings. The number of piperazine rings is 1. The number of benzene rings is 1. The van der Waals surface area contributed by atoms with E-state index in [4.69, 9.17) is 4.74 Å². The van der Waals surface area contributed by atoms with Crippen LogP contribution in [0.15, 0.2) is 73.1 Å². The number of pyridine rings is 2. The van der Waals surface area contributed by atoms with E-state index in [1.54, 1.807) is 30.5 Å². The van der Waals surface area contributed by atoms with Crippen molar-refractivity contribution in [1.29, 1.82) is 0 Å². The smallest absolute Gasteiger partial charge is 0.256 e. The van der Waals surface area contributed by atoms with Gasteiger partial charge in [0, 0.05) is 45.1 Å². The van der Waals surface area contributed by atoms with E-state index in [1.165, 1.54) is 10.5 Å². The summed E-state index contributed by atoms with van der Waals surface area (Å²) in [5, 5.41) is 2.67. The van der Waals surface area contributed by atoms with Gasteiger partial charge in [0.15, 0.2) is 0 Å². The molecule has 1 amide bonds. The number of nitrogens with zero attached hydrogens (tertiary/aromatic N) is 4. The fraction of sp³-hybridized carbons (Fsp3) is 0.261. The standard InChI is InChI=1S/C23H25N5O4S/c29-22(20-9-6-12-26-23(20)32-19-7-2-1-3-8-19)25-13-18-33(30,31)28-16-14-27(15-17-28)21-10-4-5-11-24-21/h1-12H,13-18H2,(H,25,29). The monoisotopic (exact) mass is 467 g/mol. The van der Waals surface area contributed by atoms with Gasteiger partial charge in [-0.2, -0.15) is 4.31 Å². The molecular formula is C23H25N5O4S. The first kappa shape index (κ1) is 22.7. The number of anilines is 1. The van der Waals surface area contributed by atoms with Gasteiger partial charge in [-0.3, -0.25) is 4.79 Å². The lowest BCUT2D eigenvalue weighted by atomic mass is 10.2. The molecule has 0 saturated carbocycles.